The van der Waals surface area contributed by atoms with Gasteiger partial charge in [-0.3, -0.25) is 4.79 Å². The summed E-state index contributed by atoms with van der Waals surface area (Å²) < 4.78 is 0. The Morgan fingerprint density at radius 3 is 2.50 bits per heavy atom. The molecule has 2 atom stereocenters. The van der Waals surface area contributed by atoms with Gasteiger partial charge in [0.1, 0.15) is 0 Å². The average molecular weight is 250 g/mol. The number of likely N-dealkylation sites (tertiary alicyclic amines) is 1. The third-order valence-electron chi connectivity index (χ3n) is 5.50. The van der Waals surface area contributed by atoms with Crippen LogP contribution in [0.4, 0.5) is 0 Å². The Labute approximate surface area is 110 Å². The molecule has 0 aromatic carbocycles. The number of carbonyl (C=O) groups excluding carboxylic acids is 1. The van der Waals surface area contributed by atoms with Crippen molar-refractivity contribution in [2.24, 2.45) is 17.6 Å². The second-order valence-corrected chi connectivity index (χ2v) is 6.83. The van der Waals surface area contributed by atoms with Crippen LogP contribution >= 0.6 is 0 Å². The topological polar surface area (TPSA) is 46.3 Å². The first-order chi connectivity index (χ1) is 8.66. The molecule has 0 aromatic heterocycles. The number of hydrogen-bond acceptors (Lipinski definition) is 2. The highest BCUT2D eigenvalue weighted by Crippen LogP contribution is 2.37. The number of rotatable bonds is 2. The fourth-order valence-corrected chi connectivity index (χ4v) is 4.05. The zero-order valence-electron chi connectivity index (χ0n) is 11.4. The van der Waals surface area contributed by atoms with Crippen LogP contribution in [0.2, 0.25) is 0 Å². The number of amides is 1. The molecule has 2 N–H and O–H groups in total. The molecular formula is C15H26N2O. The van der Waals surface area contributed by atoms with Gasteiger partial charge in [0, 0.05) is 25.0 Å². The van der Waals surface area contributed by atoms with Crippen LogP contribution in [0.5, 0.6) is 0 Å². The molecular weight excluding hydrogens is 224 g/mol. The Morgan fingerprint density at radius 2 is 1.83 bits per heavy atom. The predicted molar refractivity (Wildman–Crippen MR) is 72.0 cm³/mol. The lowest BCUT2D eigenvalue weighted by molar-refractivity contribution is -0.136. The molecule has 0 radical (unpaired) electrons. The van der Waals surface area contributed by atoms with Crippen LogP contribution in [0.15, 0.2) is 0 Å². The molecule has 2 aliphatic carbocycles. The minimum Gasteiger partial charge on any atom is -0.342 e. The zero-order chi connectivity index (χ0) is 12.6. The number of hydrogen-bond donors (Lipinski definition) is 1. The van der Waals surface area contributed by atoms with Crippen molar-refractivity contribution in [1.82, 2.24) is 4.90 Å². The van der Waals surface area contributed by atoms with Gasteiger partial charge in [0.25, 0.3) is 0 Å². The standard InChI is InChI=1S/C15H26N2O/c16-15(7-3-8-15)10-14(18)17-9-6-12-4-1-2-5-13(12)11-17/h12-13H,1-11,16H2. The molecule has 0 bridgehead atoms. The van der Waals surface area contributed by atoms with Gasteiger partial charge in [-0.05, 0) is 43.9 Å². The average Bonchev–Trinajstić information content (AvgIpc) is 2.36. The second kappa shape index (κ2) is 4.84. The van der Waals surface area contributed by atoms with Gasteiger partial charge in [0.15, 0.2) is 0 Å². The second-order valence-electron chi connectivity index (χ2n) is 6.83. The van der Waals surface area contributed by atoms with Crippen molar-refractivity contribution in [2.45, 2.75) is 63.3 Å². The summed E-state index contributed by atoms with van der Waals surface area (Å²) in [6.07, 6.45) is 10.6. The monoisotopic (exact) mass is 250 g/mol. The lowest BCUT2D eigenvalue weighted by atomic mass is 9.73. The predicted octanol–water partition coefficient (Wildman–Crippen LogP) is 2.30. The minimum atomic E-state index is -0.152. The molecule has 2 saturated carbocycles. The van der Waals surface area contributed by atoms with Crippen molar-refractivity contribution >= 4 is 5.91 Å². The maximum Gasteiger partial charge on any atom is 0.224 e. The molecule has 0 aromatic rings. The van der Waals surface area contributed by atoms with Gasteiger partial charge in [-0.15, -0.1) is 0 Å². The molecule has 102 valence electrons. The molecule has 3 heteroatoms. The molecule has 3 aliphatic rings. The molecule has 1 heterocycles. The smallest absolute Gasteiger partial charge is 0.224 e. The van der Waals surface area contributed by atoms with Gasteiger partial charge in [0.05, 0.1) is 0 Å². The molecule has 0 spiro atoms. The Hall–Kier alpha value is -0.570. The van der Waals surface area contributed by atoms with E-state index in [1.54, 1.807) is 0 Å². The summed E-state index contributed by atoms with van der Waals surface area (Å²) >= 11 is 0. The van der Waals surface area contributed by atoms with E-state index in [4.69, 9.17) is 5.73 Å². The van der Waals surface area contributed by atoms with Gasteiger partial charge in [-0.2, -0.15) is 0 Å². The van der Waals surface area contributed by atoms with Gasteiger partial charge in [-0.1, -0.05) is 19.3 Å². The van der Waals surface area contributed by atoms with Gasteiger partial charge >= 0.3 is 0 Å². The third kappa shape index (κ3) is 2.42. The summed E-state index contributed by atoms with van der Waals surface area (Å²) in [5.74, 6) is 2.01. The Bertz CT molecular complexity index is 324. The number of fused-ring (bicyclic) bond motifs is 1. The van der Waals surface area contributed by atoms with Crippen molar-refractivity contribution in [3.8, 4) is 0 Å². The maximum absolute atomic E-state index is 12.3. The first-order valence-electron chi connectivity index (χ1n) is 7.73. The lowest BCUT2D eigenvalue weighted by Gasteiger charge is -2.44. The Balaban J connectivity index is 1.55. The van der Waals surface area contributed by atoms with Gasteiger partial charge in [-0.25, -0.2) is 0 Å². The van der Waals surface area contributed by atoms with E-state index in [0.717, 1.165) is 37.8 Å². The molecule has 1 amide bonds. The Kier molecular flexibility index (Phi) is 3.35. The largest absolute Gasteiger partial charge is 0.342 e. The number of nitrogens with two attached hydrogens (primary N) is 1. The molecule has 3 nitrogen and oxygen atoms in total. The summed E-state index contributed by atoms with van der Waals surface area (Å²) in [6, 6.07) is 0. The van der Waals surface area contributed by atoms with Crippen LogP contribution in [0, 0.1) is 11.8 Å². The highest BCUT2D eigenvalue weighted by Gasteiger charge is 2.38. The SMILES string of the molecule is NC1(CC(=O)N2CCC3CCCCC3C2)CCC1. The molecule has 2 unspecified atom stereocenters. The van der Waals surface area contributed by atoms with Crippen LogP contribution < -0.4 is 5.73 Å². The molecule has 18 heavy (non-hydrogen) atoms. The third-order valence-corrected chi connectivity index (χ3v) is 5.50. The maximum atomic E-state index is 12.3. The molecule has 3 rings (SSSR count). The zero-order valence-corrected chi connectivity index (χ0v) is 11.4. The Morgan fingerprint density at radius 1 is 1.11 bits per heavy atom. The van der Waals surface area contributed by atoms with Crippen LogP contribution in [-0.2, 0) is 4.79 Å². The van der Waals surface area contributed by atoms with E-state index in [0.29, 0.717) is 12.3 Å². The van der Waals surface area contributed by atoms with Gasteiger partial charge in [0.2, 0.25) is 5.91 Å². The number of nitrogens with zero attached hydrogens (tertiary/aromatic N) is 1. The minimum absolute atomic E-state index is 0.152. The van der Waals surface area contributed by atoms with Crippen molar-refractivity contribution in [3.05, 3.63) is 0 Å². The van der Waals surface area contributed by atoms with Crippen molar-refractivity contribution in [2.75, 3.05) is 13.1 Å². The van der Waals surface area contributed by atoms with E-state index in [1.807, 2.05) is 0 Å². The van der Waals surface area contributed by atoms with E-state index in [2.05, 4.69) is 4.90 Å². The van der Waals surface area contributed by atoms with Gasteiger partial charge < -0.3 is 10.6 Å². The van der Waals surface area contributed by atoms with E-state index >= 15 is 0 Å². The molecule has 1 saturated heterocycles. The van der Waals surface area contributed by atoms with E-state index in [-0.39, 0.29) is 5.54 Å². The van der Waals surface area contributed by atoms with E-state index in [9.17, 15) is 4.79 Å². The summed E-state index contributed by atoms with van der Waals surface area (Å²) in [4.78, 5) is 14.4. The highest BCUT2D eigenvalue weighted by atomic mass is 16.2. The van der Waals surface area contributed by atoms with Crippen LogP contribution in [0.25, 0.3) is 0 Å². The van der Waals surface area contributed by atoms with Crippen molar-refractivity contribution in [3.63, 3.8) is 0 Å². The van der Waals surface area contributed by atoms with E-state index < -0.39 is 0 Å². The normalized spacial score (nSPS) is 34.6. The number of carbonyl (C=O) groups is 1. The first kappa shape index (κ1) is 12.5. The van der Waals surface area contributed by atoms with Crippen molar-refractivity contribution < 1.29 is 4.79 Å². The van der Waals surface area contributed by atoms with E-state index in [1.165, 1.54) is 38.5 Å². The van der Waals surface area contributed by atoms with Crippen molar-refractivity contribution in [1.29, 1.82) is 0 Å². The lowest BCUT2D eigenvalue weighted by Crippen LogP contribution is -2.52. The van der Waals surface area contributed by atoms with Crippen LogP contribution in [0.1, 0.15) is 57.8 Å². The summed E-state index contributed by atoms with van der Waals surface area (Å²) in [6.45, 7) is 2.00. The molecule has 3 fully saturated rings. The molecule has 1 aliphatic heterocycles. The quantitative estimate of drug-likeness (QED) is 0.817. The van der Waals surface area contributed by atoms with Crippen LogP contribution in [-0.4, -0.2) is 29.4 Å². The fourth-order valence-electron chi connectivity index (χ4n) is 4.05. The summed E-state index contributed by atoms with van der Waals surface area (Å²) in [5.41, 5.74) is 6.04. The summed E-state index contributed by atoms with van der Waals surface area (Å²) in [7, 11) is 0. The highest BCUT2D eigenvalue weighted by molar-refractivity contribution is 5.77. The fraction of sp³-hybridized carbons (Fsp3) is 0.933. The first-order valence-corrected chi connectivity index (χ1v) is 7.73. The number of piperidine rings is 1. The summed E-state index contributed by atoms with van der Waals surface area (Å²) in [5, 5.41) is 0. The van der Waals surface area contributed by atoms with Crippen LogP contribution in [0.3, 0.4) is 0 Å².